The highest BCUT2D eigenvalue weighted by molar-refractivity contribution is 6.30. The molecule has 1 aliphatic carbocycles. The second-order valence-electron chi connectivity index (χ2n) is 5.94. The van der Waals surface area contributed by atoms with Crippen molar-refractivity contribution >= 4 is 11.6 Å². The van der Waals surface area contributed by atoms with Crippen molar-refractivity contribution in [3.05, 3.63) is 70.2 Å². The van der Waals surface area contributed by atoms with Crippen LogP contribution in [0.3, 0.4) is 0 Å². The third-order valence-electron chi connectivity index (χ3n) is 4.32. The first-order chi connectivity index (χ1) is 10.3. The van der Waals surface area contributed by atoms with Crippen LogP contribution in [0.15, 0.2) is 48.5 Å². The van der Waals surface area contributed by atoms with Crippen LogP contribution in [0.2, 0.25) is 5.02 Å². The predicted molar refractivity (Wildman–Crippen MR) is 89.9 cm³/mol. The van der Waals surface area contributed by atoms with E-state index in [1.807, 2.05) is 6.07 Å². The van der Waals surface area contributed by atoms with Gasteiger partial charge in [-0.3, -0.25) is 0 Å². The zero-order chi connectivity index (χ0) is 14.7. The fourth-order valence-electron chi connectivity index (χ4n) is 3.31. The summed E-state index contributed by atoms with van der Waals surface area (Å²) in [6.07, 6.45) is 4.57. The fraction of sp³-hybridized carbons (Fsp3) is 0.368. The van der Waals surface area contributed by atoms with E-state index in [9.17, 15) is 0 Å². The van der Waals surface area contributed by atoms with Gasteiger partial charge < -0.3 is 5.32 Å². The van der Waals surface area contributed by atoms with Gasteiger partial charge in [-0.05, 0) is 48.1 Å². The molecule has 2 aromatic carbocycles. The topological polar surface area (TPSA) is 12.0 Å². The first kappa shape index (κ1) is 14.6. The van der Waals surface area contributed by atoms with Crippen LogP contribution < -0.4 is 5.32 Å². The van der Waals surface area contributed by atoms with Crippen molar-refractivity contribution in [1.82, 2.24) is 5.32 Å². The number of hydrogen-bond donors (Lipinski definition) is 1. The van der Waals surface area contributed by atoms with E-state index in [4.69, 9.17) is 11.6 Å². The molecule has 2 heteroatoms. The Bertz CT molecular complexity index is 594. The summed E-state index contributed by atoms with van der Waals surface area (Å²) in [5, 5.41) is 4.71. The summed E-state index contributed by atoms with van der Waals surface area (Å²) in [6.45, 7) is 2.25. The molecule has 0 aromatic heterocycles. The van der Waals surface area contributed by atoms with Crippen molar-refractivity contribution in [2.45, 2.75) is 44.7 Å². The first-order valence-electron chi connectivity index (χ1n) is 7.84. The van der Waals surface area contributed by atoms with Crippen LogP contribution in [0.25, 0.3) is 0 Å². The van der Waals surface area contributed by atoms with E-state index in [-0.39, 0.29) is 0 Å². The third kappa shape index (κ3) is 3.48. The molecule has 1 nitrogen and oxygen atoms in total. The fourth-order valence-corrected chi connectivity index (χ4v) is 3.50. The van der Waals surface area contributed by atoms with E-state index in [1.54, 1.807) is 0 Å². The lowest BCUT2D eigenvalue weighted by Crippen LogP contribution is -2.33. The molecular weight excluding hydrogens is 278 g/mol. The second kappa shape index (κ2) is 6.64. The lowest BCUT2D eigenvalue weighted by molar-refractivity contribution is 0.421. The smallest absolute Gasteiger partial charge is 0.0408 e. The lowest BCUT2D eigenvalue weighted by Gasteiger charge is -2.23. The predicted octanol–water partition coefficient (Wildman–Crippen LogP) is 4.94. The highest BCUT2D eigenvalue weighted by atomic mass is 35.5. The monoisotopic (exact) mass is 299 g/mol. The van der Waals surface area contributed by atoms with Gasteiger partial charge in [-0.25, -0.2) is 0 Å². The highest BCUT2D eigenvalue weighted by Crippen LogP contribution is 2.28. The maximum atomic E-state index is 6.10. The van der Waals surface area contributed by atoms with Gasteiger partial charge in [0.15, 0.2) is 0 Å². The number of benzene rings is 2. The average Bonchev–Trinajstić information content (AvgIpc) is 2.89. The molecular formula is C19H22ClN. The zero-order valence-corrected chi connectivity index (χ0v) is 13.2. The molecule has 0 saturated heterocycles. The minimum Gasteiger partial charge on any atom is -0.307 e. The molecule has 0 radical (unpaired) electrons. The largest absolute Gasteiger partial charge is 0.307 e. The standard InChI is InChI=1S/C19H22ClN/c1-2-6-19(14-7-4-3-5-8-14)21-18-12-15-9-10-17(20)11-16(15)13-18/h3-5,7-11,18-19,21H,2,6,12-13H2,1H3. The van der Waals surface area contributed by atoms with Gasteiger partial charge in [0.25, 0.3) is 0 Å². The van der Waals surface area contributed by atoms with Crippen LogP contribution in [0.1, 0.15) is 42.5 Å². The third-order valence-corrected chi connectivity index (χ3v) is 4.55. The van der Waals surface area contributed by atoms with Gasteiger partial charge in [-0.15, -0.1) is 0 Å². The second-order valence-corrected chi connectivity index (χ2v) is 6.37. The molecule has 0 heterocycles. The van der Waals surface area contributed by atoms with Crippen molar-refractivity contribution in [1.29, 1.82) is 0 Å². The Labute approximate surface area is 132 Å². The number of rotatable bonds is 5. The van der Waals surface area contributed by atoms with E-state index in [2.05, 4.69) is 54.7 Å². The molecule has 0 amide bonds. The van der Waals surface area contributed by atoms with Crippen LogP contribution in [0, 0.1) is 0 Å². The molecule has 0 bridgehead atoms. The highest BCUT2D eigenvalue weighted by Gasteiger charge is 2.24. The summed E-state index contributed by atoms with van der Waals surface area (Å²) in [7, 11) is 0. The van der Waals surface area contributed by atoms with Crippen LogP contribution in [0.5, 0.6) is 0 Å². The Balaban J connectivity index is 1.71. The quantitative estimate of drug-likeness (QED) is 0.824. The van der Waals surface area contributed by atoms with Crippen molar-refractivity contribution in [2.75, 3.05) is 0 Å². The Morgan fingerprint density at radius 1 is 1.10 bits per heavy atom. The van der Waals surface area contributed by atoms with Gasteiger partial charge in [-0.1, -0.05) is 61.3 Å². The summed E-state index contributed by atoms with van der Waals surface area (Å²) in [4.78, 5) is 0. The normalized spacial score (nSPS) is 18.5. The Hall–Kier alpha value is -1.31. The maximum Gasteiger partial charge on any atom is 0.0408 e. The number of fused-ring (bicyclic) bond motifs is 1. The van der Waals surface area contributed by atoms with Gasteiger partial charge in [-0.2, -0.15) is 0 Å². The van der Waals surface area contributed by atoms with Gasteiger partial charge in [0.2, 0.25) is 0 Å². The van der Waals surface area contributed by atoms with E-state index in [1.165, 1.54) is 29.5 Å². The van der Waals surface area contributed by atoms with Crippen LogP contribution in [0.4, 0.5) is 0 Å². The lowest BCUT2D eigenvalue weighted by atomic mass is 10.0. The SMILES string of the molecule is CCCC(NC1Cc2ccc(Cl)cc2C1)c1ccccc1. The summed E-state index contributed by atoms with van der Waals surface area (Å²) >= 11 is 6.10. The minimum atomic E-state index is 0.450. The molecule has 0 aliphatic heterocycles. The molecule has 3 rings (SSSR count). The van der Waals surface area contributed by atoms with Gasteiger partial charge >= 0.3 is 0 Å². The maximum absolute atomic E-state index is 6.10. The Kier molecular flexibility index (Phi) is 4.62. The van der Waals surface area contributed by atoms with Crippen molar-refractivity contribution < 1.29 is 0 Å². The van der Waals surface area contributed by atoms with Gasteiger partial charge in [0.1, 0.15) is 0 Å². The average molecular weight is 300 g/mol. The molecule has 1 N–H and O–H groups in total. The summed E-state index contributed by atoms with van der Waals surface area (Å²) in [5.74, 6) is 0. The number of nitrogens with one attached hydrogen (secondary N) is 1. The van der Waals surface area contributed by atoms with Crippen LogP contribution in [-0.2, 0) is 12.8 Å². The van der Waals surface area contributed by atoms with E-state index in [0.29, 0.717) is 12.1 Å². The molecule has 1 aliphatic rings. The molecule has 21 heavy (non-hydrogen) atoms. The molecule has 2 aromatic rings. The molecule has 0 saturated carbocycles. The number of halogens is 1. The van der Waals surface area contributed by atoms with Crippen molar-refractivity contribution in [3.63, 3.8) is 0 Å². The van der Waals surface area contributed by atoms with Crippen molar-refractivity contribution in [2.24, 2.45) is 0 Å². The molecule has 0 spiro atoms. The van der Waals surface area contributed by atoms with E-state index < -0.39 is 0 Å². The molecule has 2 unspecified atom stereocenters. The summed E-state index contributed by atoms with van der Waals surface area (Å²) in [5.41, 5.74) is 4.25. The van der Waals surface area contributed by atoms with E-state index >= 15 is 0 Å². The summed E-state index contributed by atoms with van der Waals surface area (Å²) in [6, 6.07) is 18.1. The van der Waals surface area contributed by atoms with Gasteiger partial charge in [0, 0.05) is 17.1 Å². The molecule has 0 fully saturated rings. The van der Waals surface area contributed by atoms with Crippen LogP contribution >= 0.6 is 11.6 Å². The first-order valence-corrected chi connectivity index (χ1v) is 8.22. The molecule has 2 atom stereocenters. The minimum absolute atomic E-state index is 0.450. The van der Waals surface area contributed by atoms with Crippen molar-refractivity contribution in [3.8, 4) is 0 Å². The van der Waals surface area contributed by atoms with Gasteiger partial charge in [0.05, 0.1) is 0 Å². The Morgan fingerprint density at radius 2 is 1.86 bits per heavy atom. The summed E-state index contributed by atoms with van der Waals surface area (Å²) < 4.78 is 0. The van der Waals surface area contributed by atoms with E-state index in [0.717, 1.165) is 17.9 Å². The molecule has 110 valence electrons. The number of hydrogen-bond acceptors (Lipinski definition) is 1. The van der Waals surface area contributed by atoms with Crippen LogP contribution in [-0.4, -0.2) is 6.04 Å². The Morgan fingerprint density at radius 3 is 2.62 bits per heavy atom. The zero-order valence-electron chi connectivity index (χ0n) is 12.5.